The van der Waals surface area contributed by atoms with Crippen molar-refractivity contribution >= 4 is 0 Å². The van der Waals surface area contributed by atoms with E-state index in [1.165, 1.54) is 0 Å². The normalized spacial score (nSPS) is 28.5. The molecule has 0 bridgehead atoms. The monoisotopic (exact) mass is 196 g/mol. The van der Waals surface area contributed by atoms with Crippen molar-refractivity contribution in [3.05, 3.63) is 37.0 Å². The van der Waals surface area contributed by atoms with Gasteiger partial charge < -0.3 is 14.6 Å². The van der Waals surface area contributed by atoms with Gasteiger partial charge in [-0.2, -0.15) is 0 Å². The lowest BCUT2D eigenvalue weighted by Crippen LogP contribution is -2.35. The van der Waals surface area contributed by atoms with Gasteiger partial charge in [-0.05, 0) is 6.42 Å². The van der Waals surface area contributed by atoms with Crippen molar-refractivity contribution in [2.45, 2.75) is 18.8 Å². The second kappa shape index (κ2) is 5.75. The first-order valence-electron chi connectivity index (χ1n) is 4.64. The van der Waals surface area contributed by atoms with E-state index in [1.807, 2.05) is 0 Å². The molecule has 1 heterocycles. The van der Waals surface area contributed by atoms with Gasteiger partial charge in [0.15, 0.2) is 6.29 Å². The van der Waals surface area contributed by atoms with Crippen LogP contribution >= 0.6 is 0 Å². The SMILES string of the molecule is C=C/C=C(\C=C)C1OCC[C@@H](CO)O1. The van der Waals surface area contributed by atoms with Gasteiger partial charge in [-0.3, -0.25) is 0 Å². The third-order valence-corrected chi connectivity index (χ3v) is 2.05. The van der Waals surface area contributed by atoms with Gasteiger partial charge in [-0.15, -0.1) is 0 Å². The van der Waals surface area contributed by atoms with Crippen molar-refractivity contribution < 1.29 is 14.6 Å². The minimum atomic E-state index is -0.420. The first kappa shape index (κ1) is 11.2. The van der Waals surface area contributed by atoms with Gasteiger partial charge in [-0.1, -0.05) is 31.4 Å². The number of rotatable bonds is 4. The van der Waals surface area contributed by atoms with Gasteiger partial charge in [0.2, 0.25) is 0 Å². The summed E-state index contributed by atoms with van der Waals surface area (Å²) in [7, 11) is 0. The standard InChI is InChI=1S/C11H16O3/c1-3-5-9(4-2)11-13-7-6-10(8-12)14-11/h3-5,10-12H,1-2,6-8H2/b9-5+/t10-,11?/m0/s1. The number of aliphatic hydroxyl groups is 1. The molecule has 2 atom stereocenters. The Kier molecular flexibility index (Phi) is 4.59. The second-order valence-electron chi connectivity index (χ2n) is 3.04. The van der Waals surface area contributed by atoms with Crippen LogP contribution in [0.15, 0.2) is 37.0 Å². The second-order valence-corrected chi connectivity index (χ2v) is 3.04. The number of allylic oxidation sites excluding steroid dienone is 2. The maximum absolute atomic E-state index is 8.95. The molecule has 0 spiro atoms. The Hall–Kier alpha value is -0.900. The first-order chi connectivity index (χ1) is 6.81. The Morgan fingerprint density at radius 1 is 1.50 bits per heavy atom. The molecule has 0 amide bonds. The largest absolute Gasteiger partial charge is 0.394 e. The maximum atomic E-state index is 8.95. The summed E-state index contributed by atoms with van der Waals surface area (Å²) in [6.07, 6.45) is 5.29. The van der Waals surface area contributed by atoms with E-state index in [0.29, 0.717) is 6.61 Å². The van der Waals surface area contributed by atoms with Crippen LogP contribution in [0, 0.1) is 0 Å². The molecule has 3 heteroatoms. The Labute approximate surface area is 84.3 Å². The van der Waals surface area contributed by atoms with E-state index in [0.717, 1.165) is 12.0 Å². The van der Waals surface area contributed by atoms with E-state index in [2.05, 4.69) is 13.2 Å². The predicted molar refractivity (Wildman–Crippen MR) is 54.8 cm³/mol. The van der Waals surface area contributed by atoms with E-state index >= 15 is 0 Å². The van der Waals surface area contributed by atoms with Gasteiger partial charge in [0.25, 0.3) is 0 Å². The molecule has 78 valence electrons. The highest BCUT2D eigenvalue weighted by Crippen LogP contribution is 2.19. The zero-order valence-electron chi connectivity index (χ0n) is 8.19. The van der Waals surface area contributed by atoms with Crippen LogP contribution in [-0.2, 0) is 9.47 Å². The molecule has 0 radical (unpaired) electrons. The summed E-state index contributed by atoms with van der Waals surface area (Å²) in [6, 6.07) is 0. The van der Waals surface area contributed by atoms with Crippen molar-refractivity contribution in [1.82, 2.24) is 0 Å². The van der Waals surface area contributed by atoms with Crippen LogP contribution in [0.2, 0.25) is 0 Å². The highest BCUT2D eigenvalue weighted by atomic mass is 16.7. The van der Waals surface area contributed by atoms with Crippen molar-refractivity contribution in [1.29, 1.82) is 0 Å². The van der Waals surface area contributed by atoms with Gasteiger partial charge >= 0.3 is 0 Å². The van der Waals surface area contributed by atoms with Crippen LogP contribution in [0.1, 0.15) is 6.42 Å². The van der Waals surface area contributed by atoms with Gasteiger partial charge in [0.05, 0.1) is 19.3 Å². The van der Waals surface area contributed by atoms with Crippen LogP contribution in [-0.4, -0.2) is 30.7 Å². The lowest BCUT2D eigenvalue weighted by atomic mass is 10.2. The zero-order valence-corrected chi connectivity index (χ0v) is 8.19. The third-order valence-electron chi connectivity index (χ3n) is 2.05. The predicted octanol–water partition coefficient (Wildman–Crippen LogP) is 1.41. The summed E-state index contributed by atoms with van der Waals surface area (Å²) in [5.74, 6) is 0. The number of ether oxygens (including phenoxy) is 2. The average Bonchev–Trinajstić information content (AvgIpc) is 2.26. The van der Waals surface area contributed by atoms with Crippen molar-refractivity contribution in [3.63, 3.8) is 0 Å². The first-order valence-corrected chi connectivity index (χ1v) is 4.64. The highest BCUT2D eigenvalue weighted by molar-refractivity contribution is 5.23. The quantitative estimate of drug-likeness (QED) is 0.691. The summed E-state index contributed by atoms with van der Waals surface area (Å²) in [5.41, 5.74) is 0.832. The van der Waals surface area contributed by atoms with E-state index < -0.39 is 6.29 Å². The van der Waals surface area contributed by atoms with E-state index in [1.54, 1.807) is 18.2 Å². The number of hydrogen-bond donors (Lipinski definition) is 1. The molecule has 1 fully saturated rings. The fourth-order valence-electron chi connectivity index (χ4n) is 1.28. The van der Waals surface area contributed by atoms with Crippen LogP contribution < -0.4 is 0 Å². The average molecular weight is 196 g/mol. The number of aliphatic hydroxyl groups excluding tert-OH is 1. The minimum absolute atomic E-state index is 0.0262. The molecular formula is C11H16O3. The summed E-state index contributed by atoms with van der Waals surface area (Å²) in [6.45, 7) is 7.89. The minimum Gasteiger partial charge on any atom is -0.394 e. The molecule has 0 aromatic rings. The number of hydrogen-bond acceptors (Lipinski definition) is 3. The molecule has 0 saturated carbocycles. The molecule has 0 aromatic heterocycles. The Bertz CT molecular complexity index is 233. The molecule has 14 heavy (non-hydrogen) atoms. The van der Waals surface area contributed by atoms with E-state index in [9.17, 15) is 0 Å². The fraction of sp³-hybridized carbons (Fsp3) is 0.455. The molecular weight excluding hydrogens is 180 g/mol. The van der Waals surface area contributed by atoms with E-state index in [-0.39, 0.29) is 12.7 Å². The topological polar surface area (TPSA) is 38.7 Å². The Morgan fingerprint density at radius 2 is 2.29 bits per heavy atom. The molecule has 1 rings (SSSR count). The highest BCUT2D eigenvalue weighted by Gasteiger charge is 2.23. The van der Waals surface area contributed by atoms with Crippen LogP contribution in [0.5, 0.6) is 0 Å². The summed E-state index contributed by atoms with van der Waals surface area (Å²) in [4.78, 5) is 0. The molecule has 3 nitrogen and oxygen atoms in total. The van der Waals surface area contributed by atoms with Crippen molar-refractivity contribution in [2.75, 3.05) is 13.2 Å². The fourth-order valence-corrected chi connectivity index (χ4v) is 1.28. The zero-order chi connectivity index (χ0) is 10.4. The van der Waals surface area contributed by atoms with E-state index in [4.69, 9.17) is 14.6 Å². The van der Waals surface area contributed by atoms with Crippen molar-refractivity contribution in [2.24, 2.45) is 0 Å². The summed E-state index contributed by atoms with van der Waals surface area (Å²) >= 11 is 0. The molecule has 1 aliphatic rings. The molecule has 0 aliphatic carbocycles. The molecule has 0 aromatic carbocycles. The molecule has 1 N–H and O–H groups in total. The van der Waals surface area contributed by atoms with Crippen LogP contribution in [0.4, 0.5) is 0 Å². The molecule has 1 aliphatic heterocycles. The lowest BCUT2D eigenvalue weighted by molar-refractivity contribution is -0.198. The Balaban J connectivity index is 2.62. The van der Waals surface area contributed by atoms with Crippen molar-refractivity contribution in [3.8, 4) is 0 Å². The van der Waals surface area contributed by atoms with Crippen LogP contribution in [0.25, 0.3) is 0 Å². The summed E-state index contributed by atoms with van der Waals surface area (Å²) < 4.78 is 10.9. The maximum Gasteiger partial charge on any atom is 0.184 e. The third kappa shape index (κ3) is 2.80. The lowest BCUT2D eigenvalue weighted by Gasteiger charge is -2.29. The van der Waals surface area contributed by atoms with Crippen LogP contribution in [0.3, 0.4) is 0 Å². The molecule has 1 unspecified atom stereocenters. The molecule has 1 saturated heterocycles. The van der Waals surface area contributed by atoms with Gasteiger partial charge in [0, 0.05) is 5.57 Å². The Morgan fingerprint density at radius 3 is 2.86 bits per heavy atom. The van der Waals surface area contributed by atoms with Gasteiger partial charge in [0.1, 0.15) is 0 Å². The summed E-state index contributed by atoms with van der Waals surface area (Å²) in [5, 5.41) is 8.95. The smallest absolute Gasteiger partial charge is 0.184 e. The van der Waals surface area contributed by atoms with Gasteiger partial charge in [-0.25, -0.2) is 0 Å².